The minimum absolute atomic E-state index is 0.435. The summed E-state index contributed by atoms with van der Waals surface area (Å²) in [5.74, 6) is 0. The number of rotatable bonds is 5. The molecule has 1 unspecified atom stereocenters. The molecule has 1 aromatic rings. The second-order valence-corrected chi connectivity index (χ2v) is 5.42. The van der Waals surface area contributed by atoms with Crippen molar-refractivity contribution in [2.24, 2.45) is 0 Å². The molecule has 1 aliphatic rings. The van der Waals surface area contributed by atoms with E-state index in [0.717, 1.165) is 19.6 Å². The summed E-state index contributed by atoms with van der Waals surface area (Å²) in [5.41, 5.74) is 1.39. The number of likely N-dealkylation sites (N-methyl/N-ethyl adjacent to an activating group) is 1. The first kappa shape index (κ1) is 13.5. The largest absolute Gasteiger partial charge is 0.317 e. The van der Waals surface area contributed by atoms with Crippen molar-refractivity contribution in [2.75, 3.05) is 33.7 Å². The third kappa shape index (κ3) is 4.09. The standard InChI is InChI=1S/C15H25N3/c1-18(2)12-15(13-6-4-3-5-7-13)17-14-8-10-16-11-9-14/h3-7,14-17H,8-12H2,1-2H3. The van der Waals surface area contributed by atoms with Crippen molar-refractivity contribution < 1.29 is 0 Å². The fraction of sp³-hybridized carbons (Fsp3) is 0.600. The molecule has 0 radical (unpaired) electrons. The van der Waals surface area contributed by atoms with Crippen LogP contribution in [-0.2, 0) is 0 Å². The average Bonchev–Trinajstić information content (AvgIpc) is 2.40. The van der Waals surface area contributed by atoms with Gasteiger partial charge in [0.2, 0.25) is 0 Å². The molecule has 1 aliphatic heterocycles. The highest BCUT2D eigenvalue weighted by Crippen LogP contribution is 2.16. The Morgan fingerprint density at radius 1 is 1.22 bits per heavy atom. The van der Waals surface area contributed by atoms with Gasteiger partial charge in [-0.25, -0.2) is 0 Å². The van der Waals surface area contributed by atoms with Crippen molar-refractivity contribution in [1.29, 1.82) is 0 Å². The van der Waals surface area contributed by atoms with Gasteiger partial charge >= 0.3 is 0 Å². The predicted molar refractivity (Wildman–Crippen MR) is 76.8 cm³/mol. The van der Waals surface area contributed by atoms with Crippen LogP contribution in [0.3, 0.4) is 0 Å². The molecule has 1 saturated heterocycles. The first-order chi connectivity index (χ1) is 8.75. The quantitative estimate of drug-likeness (QED) is 0.828. The normalized spacial score (nSPS) is 19.1. The smallest absolute Gasteiger partial charge is 0.0451 e. The van der Waals surface area contributed by atoms with Crippen LogP contribution < -0.4 is 10.6 Å². The molecule has 18 heavy (non-hydrogen) atoms. The van der Waals surface area contributed by atoms with Gasteiger partial charge in [0.25, 0.3) is 0 Å². The van der Waals surface area contributed by atoms with Crippen LogP contribution in [0.2, 0.25) is 0 Å². The number of hydrogen-bond acceptors (Lipinski definition) is 3. The van der Waals surface area contributed by atoms with E-state index < -0.39 is 0 Å². The van der Waals surface area contributed by atoms with Crippen LogP contribution in [0, 0.1) is 0 Å². The van der Waals surface area contributed by atoms with Crippen molar-refractivity contribution in [3.63, 3.8) is 0 Å². The van der Waals surface area contributed by atoms with Gasteiger partial charge < -0.3 is 15.5 Å². The molecule has 0 bridgehead atoms. The summed E-state index contributed by atoms with van der Waals surface area (Å²) in [6.07, 6.45) is 2.47. The number of nitrogens with one attached hydrogen (secondary N) is 2. The Labute approximate surface area is 111 Å². The number of benzene rings is 1. The van der Waals surface area contributed by atoms with Gasteiger partial charge in [-0.1, -0.05) is 30.3 Å². The molecule has 3 heteroatoms. The Morgan fingerprint density at radius 3 is 2.50 bits per heavy atom. The monoisotopic (exact) mass is 247 g/mol. The van der Waals surface area contributed by atoms with Crippen LogP contribution >= 0.6 is 0 Å². The Bertz CT molecular complexity index is 331. The Hall–Kier alpha value is -0.900. The Morgan fingerprint density at radius 2 is 1.89 bits per heavy atom. The molecule has 100 valence electrons. The van der Waals surface area contributed by atoms with Crippen LogP contribution in [0.15, 0.2) is 30.3 Å². The minimum atomic E-state index is 0.435. The molecule has 0 aliphatic carbocycles. The van der Waals surface area contributed by atoms with Gasteiger partial charge in [0.1, 0.15) is 0 Å². The van der Waals surface area contributed by atoms with Gasteiger partial charge in [-0.05, 0) is 45.6 Å². The van der Waals surface area contributed by atoms with Gasteiger partial charge in [-0.3, -0.25) is 0 Å². The van der Waals surface area contributed by atoms with E-state index in [1.54, 1.807) is 0 Å². The Balaban J connectivity index is 2.00. The van der Waals surface area contributed by atoms with Crippen LogP contribution in [-0.4, -0.2) is 44.7 Å². The van der Waals surface area contributed by atoms with Crippen LogP contribution in [0.4, 0.5) is 0 Å². The van der Waals surface area contributed by atoms with Crippen molar-refractivity contribution >= 4 is 0 Å². The second kappa shape index (κ2) is 6.88. The SMILES string of the molecule is CN(C)CC(NC1CCNCC1)c1ccccc1. The molecular formula is C15H25N3. The summed E-state index contributed by atoms with van der Waals surface area (Å²) in [4.78, 5) is 2.26. The van der Waals surface area contributed by atoms with Crippen LogP contribution in [0.1, 0.15) is 24.4 Å². The molecular weight excluding hydrogens is 222 g/mol. The third-order valence-electron chi connectivity index (χ3n) is 3.53. The maximum atomic E-state index is 3.82. The zero-order valence-electron chi connectivity index (χ0n) is 11.5. The highest BCUT2D eigenvalue weighted by atomic mass is 15.1. The fourth-order valence-corrected chi connectivity index (χ4v) is 2.58. The molecule has 1 aromatic carbocycles. The molecule has 2 rings (SSSR count). The van der Waals surface area contributed by atoms with Crippen molar-refractivity contribution in [3.8, 4) is 0 Å². The van der Waals surface area contributed by atoms with Crippen molar-refractivity contribution in [1.82, 2.24) is 15.5 Å². The van der Waals surface area contributed by atoms with E-state index in [9.17, 15) is 0 Å². The summed E-state index contributed by atoms with van der Waals surface area (Å²) in [6.45, 7) is 3.33. The maximum Gasteiger partial charge on any atom is 0.0451 e. The highest BCUT2D eigenvalue weighted by molar-refractivity contribution is 5.19. The maximum absolute atomic E-state index is 3.82. The minimum Gasteiger partial charge on any atom is -0.317 e. The van der Waals surface area contributed by atoms with Gasteiger partial charge in [-0.15, -0.1) is 0 Å². The molecule has 3 nitrogen and oxygen atoms in total. The lowest BCUT2D eigenvalue weighted by molar-refractivity contribution is 0.292. The fourth-order valence-electron chi connectivity index (χ4n) is 2.58. The van der Waals surface area contributed by atoms with Gasteiger partial charge in [-0.2, -0.15) is 0 Å². The zero-order chi connectivity index (χ0) is 12.8. The van der Waals surface area contributed by atoms with Gasteiger partial charge in [0.05, 0.1) is 0 Å². The molecule has 1 fully saturated rings. The topological polar surface area (TPSA) is 27.3 Å². The van der Waals surface area contributed by atoms with Crippen LogP contribution in [0.5, 0.6) is 0 Å². The molecule has 0 spiro atoms. The second-order valence-electron chi connectivity index (χ2n) is 5.42. The summed E-state index contributed by atoms with van der Waals surface area (Å²) in [7, 11) is 4.28. The summed E-state index contributed by atoms with van der Waals surface area (Å²) < 4.78 is 0. The summed E-state index contributed by atoms with van der Waals surface area (Å²) in [6, 6.07) is 11.9. The summed E-state index contributed by atoms with van der Waals surface area (Å²) >= 11 is 0. The zero-order valence-corrected chi connectivity index (χ0v) is 11.5. The van der Waals surface area contributed by atoms with Crippen molar-refractivity contribution in [2.45, 2.75) is 24.9 Å². The van der Waals surface area contributed by atoms with E-state index in [2.05, 4.69) is 60.0 Å². The van der Waals surface area contributed by atoms with E-state index in [4.69, 9.17) is 0 Å². The van der Waals surface area contributed by atoms with Gasteiger partial charge in [0.15, 0.2) is 0 Å². The van der Waals surface area contributed by atoms with E-state index in [1.807, 2.05) is 0 Å². The van der Waals surface area contributed by atoms with E-state index >= 15 is 0 Å². The lowest BCUT2D eigenvalue weighted by Gasteiger charge is -2.30. The predicted octanol–water partition coefficient (Wildman–Crippen LogP) is 1.63. The van der Waals surface area contributed by atoms with Crippen molar-refractivity contribution in [3.05, 3.63) is 35.9 Å². The third-order valence-corrected chi connectivity index (χ3v) is 3.53. The average molecular weight is 247 g/mol. The molecule has 0 aromatic heterocycles. The Kier molecular flexibility index (Phi) is 5.17. The van der Waals surface area contributed by atoms with E-state index in [0.29, 0.717) is 12.1 Å². The molecule has 0 amide bonds. The lowest BCUT2D eigenvalue weighted by atomic mass is 10.0. The van der Waals surface area contributed by atoms with E-state index in [-0.39, 0.29) is 0 Å². The highest BCUT2D eigenvalue weighted by Gasteiger charge is 2.19. The molecule has 2 N–H and O–H groups in total. The molecule has 0 saturated carbocycles. The number of nitrogens with zero attached hydrogens (tertiary/aromatic N) is 1. The molecule has 1 atom stereocenters. The van der Waals surface area contributed by atoms with E-state index in [1.165, 1.54) is 18.4 Å². The first-order valence-electron chi connectivity index (χ1n) is 6.92. The number of hydrogen-bond donors (Lipinski definition) is 2. The molecule has 1 heterocycles. The first-order valence-corrected chi connectivity index (χ1v) is 6.92. The number of piperidine rings is 1. The van der Waals surface area contributed by atoms with Gasteiger partial charge in [0, 0.05) is 18.6 Å². The summed E-state index contributed by atoms with van der Waals surface area (Å²) in [5, 5.41) is 7.24. The van der Waals surface area contributed by atoms with Crippen LogP contribution in [0.25, 0.3) is 0 Å². The lowest BCUT2D eigenvalue weighted by Crippen LogP contribution is -2.43.